The summed E-state index contributed by atoms with van der Waals surface area (Å²) in [5, 5.41) is 11.3. The maximum Gasteiger partial charge on any atom is 0.295 e. The molecule has 1 saturated heterocycles. The minimum absolute atomic E-state index is 0.0773. The molecule has 0 aromatic heterocycles. The Morgan fingerprint density at radius 1 is 1.15 bits per heavy atom. The monoisotopic (exact) mass is 448 g/mol. The van der Waals surface area contributed by atoms with E-state index in [9.17, 15) is 14.7 Å². The predicted molar refractivity (Wildman–Crippen MR) is 128 cm³/mol. The predicted octanol–water partition coefficient (Wildman–Crippen LogP) is 4.12. The molecule has 174 valence electrons. The van der Waals surface area contributed by atoms with E-state index in [2.05, 4.69) is 13.8 Å². The lowest BCUT2D eigenvalue weighted by Crippen LogP contribution is -2.35. The molecule has 0 spiro atoms. The topological polar surface area (TPSA) is 70.1 Å². The zero-order valence-corrected chi connectivity index (χ0v) is 20.0. The van der Waals surface area contributed by atoms with Gasteiger partial charge in [-0.05, 0) is 61.8 Å². The van der Waals surface area contributed by atoms with Crippen molar-refractivity contribution in [1.29, 1.82) is 0 Å². The molecule has 1 amide bonds. The number of hydrogen-bond acceptors (Lipinski definition) is 5. The van der Waals surface area contributed by atoms with Gasteiger partial charge in [-0.25, -0.2) is 0 Å². The van der Waals surface area contributed by atoms with Crippen molar-refractivity contribution >= 4 is 17.4 Å². The summed E-state index contributed by atoms with van der Waals surface area (Å²) in [5.74, 6) is -0.189. The minimum Gasteiger partial charge on any atom is -0.507 e. The van der Waals surface area contributed by atoms with Gasteiger partial charge in [0.25, 0.3) is 11.7 Å². The van der Waals surface area contributed by atoms with Crippen molar-refractivity contribution in [2.75, 3.05) is 27.2 Å². The highest BCUT2D eigenvalue weighted by Gasteiger charge is 2.46. The first-order valence-electron chi connectivity index (χ1n) is 11.5. The van der Waals surface area contributed by atoms with Crippen LogP contribution in [0.4, 0.5) is 0 Å². The summed E-state index contributed by atoms with van der Waals surface area (Å²) in [7, 11) is 3.85. The third-order valence-corrected chi connectivity index (χ3v) is 6.42. The van der Waals surface area contributed by atoms with Gasteiger partial charge in [-0.2, -0.15) is 0 Å². The van der Waals surface area contributed by atoms with Crippen molar-refractivity contribution in [3.05, 3.63) is 70.3 Å². The Morgan fingerprint density at radius 3 is 2.48 bits per heavy atom. The summed E-state index contributed by atoms with van der Waals surface area (Å²) in [6.07, 6.45) is 0.821. The van der Waals surface area contributed by atoms with Gasteiger partial charge < -0.3 is 19.6 Å². The molecule has 1 fully saturated rings. The molecule has 0 aliphatic carbocycles. The van der Waals surface area contributed by atoms with Crippen molar-refractivity contribution in [3.8, 4) is 5.75 Å². The van der Waals surface area contributed by atoms with Crippen LogP contribution in [0.5, 0.6) is 5.75 Å². The lowest BCUT2D eigenvalue weighted by molar-refractivity contribution is -0.140. The zero-order valence-electron chi connectivity index (χ0n) is 20.0. The van der Waals surface area contributed by atoms with E-state index in [4.69, 9.17) is 4.74 Å². The van der Waals surface area contributed by atoms with Crippen molar-refractivity contribution in [2.45, 2.75) is 45.3 Å². The molecule has 0 bridgehead atoms. The maximum absolute atomic E-state index is 13.2. The minimum atomic E-state index is -0.644. The number of rotatable bonds is 6. The van der Waals surface area contributed by atoms with Gasteiger partial charge in [0, 0.05) is 25.1 Å². The standard InChI is InChI=1S/C27H32N2O4/c1-16(2)18-6-8-19(9-7-18)24-23(26(31)27(32)29(24)13-12-28(4)5)25(30)20-10-11-22-21(15-20)14-17(3)33-22/h6-11,15-17,24,30H,12-14H2,1-5H3/b25-23+/t17-,24+/m0/s1. The Bertz CT molecular complexity index is 1100. The number of likely N-dealkylation sites (N-methyl/N-ethyl adjacent to an activating group) is 1. The number of likely N-dealkylation sites (tertiary alicyclic amines) is 1. The van der Waals surface area contributed by atoms with E-state index >= 15 is 0 Å². The Labute approximate surface area is 195 Å². The van der Waals surface area contributed by atoms with Crippen molar-refractivity contribution in [1.82, 2.24) is 9.80 Å². The Morgan fingerprint density at radius 2 is 1.85 bits per heavy atom. The Kier molecular flexibility index (Phi) is 6.30. The fourth-order valence-corrected chi connectivity index (χ4v) is 4.55. The molecule has 2 aromatic rings. The highest BCUT2D eigenvalue weighted by atomic mass is 16.5. The van der Waals surface area contributed by atoms with Gasteiger partial charge in [0.1, 0.15) is 17.6 Å². The first kappa shape index (κ1) is 23.1. The molecular weight excluding hydrogens is 416 g/mol. The second kappa shape index (κ2) is 9.02. The molecule has 2 aliphatic rings. The van der Waals surface area contributed by atoms with Crippen LogP contribution in [0.25, 0.3) is 5.76 Å². The quantitative estimate of drug-likeness (QED) is 0.409. The Balaban J connectivity index is 1.80. The molecule has 0 radical (unpaired) electrons. The van der Waals surface area contributed by atoms with E-state index in [1.54, 1.807) is 11.0 Å². The third kappa shape index (κ3) is 4.40. The number of Topliss-reactive ketones (excluding diaryl/α,β-unsaturated/α-hetero) is 1. The van der Waals surface area contributed by atoms with E-state index in [-0.39, 0.29) is 17.4 Å². The summed E-state index contributed by atoms with van der Waals surface area (Å²) in [5.41, 5.74) is 3.66. The smallest absolute Gasteiger partial charge is 0.295 e. The van der Waals surface area contributed by atoms with Gasteiger partial charge in [-0.3, -0.25) is 9.59 Å². The van der Waals surface area contributed by atoms with Crippen molar-refractivity contribution < 1.29 is 19.4 Å². The van der Waals surface area contributed by atoms with Gasteiger partial charge in [-0.1, -0.05) is 38.1 Å². The van der Waals surface area contributed by atoms with E-state index in [0.717, 1.165) is 23.3 Å². The molecule has 1 N–H and O–H groups in total. The number of benzene rings is 2. The number of amides is 1. The molecule has 2 aliphatic heterocycles. The van der Waals surface area contributed by atoms with E-state index in [1.165, 1.54) is 5.56 Å². The molecule has 4 rings (SSSR count). The SMILES string of the molecule is CC(C)c1ccc([C@@H]2/C(=C(\O)c3ccc4c(c3)C[C@H](C)O4)C(=O)C(=O)N2CCN(C)C)cc1. The van der Waals surface area contributed by atoms with Crippen LogP contribution in [0.3, 0.4) is 0 Å². The summed E-state index contributed by atoms with van der Waals surface area (Å²) < 4.78 is 5.77. The van der Waals surface area contributed by atoms with Crippen LogP contribution < -0.4 is 4.74 Å². The van der Waals surface area contributed by atoms with E-state index in [1.807, 2.05) is 62.3 Å². The van der Waals surface area contributed by atoms with Crippen LogP contribution in [0.15, 0.2) is 48.0 Å². The summed E-state index contributed by atoms with van der Waals surface area (Å²) in [6.45, 7) is 7.24. The highest BCUT2D eigenvalue weighted by Crippen LogP contribution is 2.40. The fraction of sp³-hybridized carbons (Fsp3) is 0.407. The first-order valence-corrected chi connectivity index (χ1v) is 11.5. The molecule has 6 heteroatoms. The number of carbonyl (C=O) groups excluding carboxylic acids is 2. The lowest BCUT2D eigenvalue weighted by atomic mass is 9.92. The van der Waals surface area contributed by atoms with E-state index < -0.39 is 17.7 Å². The molecule has 33 heavy (non-hydrogen) atoms. The molecule has 2 aromatic carbocycles. The van der Waals surface area contributed by atoms with Crippen LogP contribution >= 0.6 is 0 Å². The number of carbonyl (C=O) groups is 2. The van der Waals surface area contributed by atoms with Crippen LogP contribution in [-0.4, -0.2) is 59.9 Å². The number of aliphatic hydroxyl groups is 1. The van der Waals surface area contributed by atoms with Crippen molar-refractivity contribution in [2.24, 2.45) is 0 Å². The average molecular weight is 449 g/mol. The highest BCUT2D eigenvalue weighted by molar-refractivity contribution is 6.46. The molecule has 0 unspecified atom stereocenters. The largest absolute Gasteiger partial charge is 0.507 e. The maximum atomic E-state index is 13.2. The van der Waals surface area contributed by atoms with Gasteiger partial charge in [0.2, 0.25) is 0 Å². The van der Waals surface area contributed by atoms with Crippen LogP contribution in [0, 0.1) is 0 Å². The molecular formula is C27H32N2O4. The molecule has 6 nitrogen and oxygen atoms in total. The van der Waals surface area contributed by atoms with Gasteiger partial charge in [0.15, 0.2) is 0 Å². The summed E-state index contributed by atoms with van der Waals surface area (Å²) in [6, 6.07) is 12.8. The number of fused-ring (bicyclic) bond motifs is 1. The number of aliphatic hydroxyl groups excluding tert-OH is 1. The molecule has 2 atom stereocenters. The first-order chi connectivity index (χ1) is 15.7. The van der Waals surface area contributed by atoms with Gasteiger partial charge >= 0.3 is 0 Å². The second-order valence-corrected chi connectivity index (χ2v) is 9.57. The summed E-state index contributed by atoms with van der Waals surface area (Å²) >= 11 is 0. The molecule has 0 saturated carbocycles. The van der Waals surface area contributed by atoms with Crippen LogP contribution in [0.1, 0.15) is 55.0 Å². The Hall–Kier alpha value is -3.12. The average Bonchev–Trinajstić information content (AvgIpc) is 3.27. The zero-order chi connectivity index (χ0) is 23.9. The second-order valence-electron chi connectivity index (χ2n) is 9.57. The lowest BCUT2D eigenvalue weighted by Gasteiger charge is -2.27. The van der Waals surface area contributed by atoms with Crippen LogP contribution in [-0.2, 0) is 16.0 Å². The van der Waals surface area contributed by atoms with Crippen LogP contribution in [0.2, 0.25) is 0 Å². The number of ketones is 1. The number of nitrogens with zero attached hydrogens (tertiary/aromatic N) is 2. The van der Waals surface area contributed by atoms with Gasteiger partial charge in [0.05, 0.1) is 11.6 Å². The fourth-order valence-electron chi connectivity index (χ4n) is 4.55. The number of ether oxygens (including phenoxy) is 1. The third-order valence-electron chi connectivity index (χ3n) is 6.42. The number of hydrogen-bond donors (Lipinski definition) is 1. The van der Waals surface area contributed by atoms with Crippen molar-refractivity contribution in [3.63, 3.8) is 0 Å². The molecule has 2 heterocycles. The summed E-state index contributed by atoms with van der Waals surface area (Å²) in [4.78, 5) is 29.8. The van der Waals surface area contributed by atoms with E-state index in [0.29, 0.717) is 24.6 Å². The normalized spacial score (nSPS) is 21.7. The van der Waals surface area contributed by atoms with Gasteiger partial charge in [-0.15, -0.1) is 0 Å².